The van der Waals surface area contributed by atoms with Gasteiger partial charge in [0.2, 0.25) is 0 Å². The molecule has 0 bridgehead atoms. The van der Waals surface area contributed by atoms with E-state index in [0.29, 0.717) is 16.8 Å². The Balaban J connectivity index is 2.52. The molecule has 17 heavy (non-hydrogen) atoms. The second-order valence-corrected chi connectivity index (χ2v) is 3.55. The number of halogens is 1. The maximum atomic E-state index is 13.6. The van der Waals surface area contributed by atoms with Gasteiger partial charge in [-0.3, -0.25) is 9.78 Å². The number of carboxylic acid groups (broad SMARTS) is 1. The monoisotopic (exact) mass is 231 g/mol. The molecular formula is C13H10FNO2. The van der Waals surface area contributed by atoms with Crippen molar-refractivity contribution in [2.45, 2.75) is 6.42 Å². The first-order valence-corrected chi connectivity index (χ1v) is 5.09. The average Bonchev–Trinajstić information content (AvgIpc) is 2.30. The highest BCUT2D eigenvalue weighted by atomic mass is 19.1. The van der Waals surface area contributed by atoms with Crippen molar-refractivity contribution >= 4 is 5.97 Å². The van der Waals surface area contributed by atoms with Crippen LogP contribution in [0.5, 0.6) is 0 Å². The minimum Gasteiger partial charge on any atom is -0.481 e. The third-order valence-corrected chi connectivity index (χ3v) is 2.37. The van der Waals surface area contributed by atoms with Crippen LogP contribution in [-0.4, -0.2) is 16.1 Å². The molecule has 1 heterocycles. The highest BCUT2D eigenvalue weighted by Crippen LogP contribution is 2.25. The Morgan fingerprint density at radius 2 is 1.88 bits per heavy atom. The molecule has 1 aromatic heterocycles. The van der Waals surface area contributed by atoms with E-state index < -0.39 is 5.97 Å². The summed E-state index contributed by atoms with van der Waals surface area (Å²) < 4.78 is 13.6. The molecule has 0 saturated carbocycles. The van der Waals surface area contributed by atoms with Crippen molar-refractivity contribution in [2.24, 2.45) is 0 Å². The van der Waals surface area contributed by atoms with Gasteiger partial charge in [-0.25, -0.2) is 4.39 Å². The van der Waals surface area contributed by atoms with Gasteiger partial charge in [0, 0.05) is 17.3 Å². The molecule has 0 spiro atoms. The van der Waals surface area contributed by atoms with Crippen molar-refractivity contribution in [2.75, 3.05) is 0 Å². The molecule has 2 rings (SSSR count). The van der Waals surface area contributed by atoms with E-state index in [0.717, 1.165) is 0 Å². The Morgan fingerprint density at radius 1 is 1.18 bits per heavy atom. The summed E-state index contributed by atoms with van der Waals surface area (Å²) in [7, 11) is 0. The summed E-state index contributed by atoms with van der Waals surface area (Å²) in [6, 6.07) is 9.57. The van der Waals surface area contributed by atoms with Gasteiger partial charge >= 0.3 is 5.97 Å². The predicted molar refractivity (Wildman–Crippen MR) is 61.0 cm³/mol. The SMILES string of the molecule is O=C(O)Cc1ncccc1-c1ccccc1F. The topological polar surface area (TPSA) is 50.2 Å². The molecule has 0 unspecified atom stereocenters. The Bertz CT molecular complexity index is 555. The van der Waals surface area contributed by atoms with Gasteiger partial charge in [0.15, 0.2) is 0 Å². The van der Waals surface area contributed by atoms with E-state index in [2.05, 4.69) is 4.98 Å². The molecule has 86 valence electrons. The summed E-state index contributed by atoms with van der Waals surface area (Å²) in [6.45, 7) is 0. The van der Waals surface area contributed by atoms with Crippen molar-refractivity contribution in [3.8, 4) is 11.1 Å². The number of nitrogens with zero attached hydrogens (tertiary/aromatic N) is 1. The fourth-order valence-corrected chi connectivity index (χ4v) is 1.65. The molecule has 0 amide bonds. The lowest BCUT2D eigenvalue weighted by Gasteiger charge is -2.07. The van der Waals surface area contributed by atoms with E-state index in [1.54, 1.807) is 30.3 Å². The lowest BCUT2D eigenvalue weighted by molar-refractivity contribution is -0.136. The first-order valence-electron chi connectivity index (χ1n) is 5.09. The minimum absolute atomic E-state index is 0.218. The van der Waals surface area contributed by atoms with Gasteiger partial charge in [0.05, 0.1) is 12.1 Å². The van der Waals surface area contributed by atoms with Crippen molar-refractivity contribution in [1.82, 2.24) is 4.98 Å². The average molecular weight is 231 g/mol. The Labute approximate surface area is 97.6 Å². The molecule has 0 aliphatic heterocycles. The van der Waals surface area contributed by atoms with E-state index >= 15 is 0 Å². The van der Waals surface area contributed by atoms with Crippen LogP contribution in [0.2, 0.25) is 0 Å². The zero-order chi connectivity index (χ0) is 12.3. The number of hydrogen-bond acceptors (Lipinski definition) is 2. The van der Waals surface area contributed by atoms with E-state index in [4.69, 9.17) is 5.11 Å². The van der Waals surface area contributed by atoms with Crippen LogP contribution in [0.1, 0.15) is 5.69 Å². The molecule has 0 atom stereocenters. The van der Waals surface area contributed by atoms with Crippen LogP contribution in [-0.2, 0) is 11.2 Å². The number of aromatic nitrogens is 1. The Hall–Kier alpha value is -2.23. The van der Waals surface area contributed by atoms with Gasteiger partial charge in [-0.05, 0) is 12.1 Å². The number of aliphatic carboxylic acids is 1. The maximum absolute atomic E-state index is 13.6. The fourth-order valence-electron chi connectivity index (χ4n) is 1.65. The molecule has 0 aliphatic rings. The molecule has 0 radical (unpaired) electrons. The van der Waals surface area contributed by atoms with Gasteiger partial charge in [-0.2, -0.15) is 0 Å². The van der Waals surface area contributed by atoms with Gasteiger partial charge in [0.25, 0.3) is 0 Å². The van der Waals surface area contributed by atoms with Crippen molar-refractivity contribution < 1.29 is 14.3 Å². The minimum atomic E-state index is -0.985. The van der Waals surface area contributed by atoms with Crippen LogP contribution in [0.3, 0.4) is 0 Å². The fraction of sp³-hybridized carbons (Fsp3) is 0.0769. The van der Waals surface area contributed by atoms with Crippen molar-refractivity contribution in [1.29, 1.82) is 0 Å². The second-order valence-electron chi connectivity index (χ2n) is 3.55. The van der Waals surface area contributed by atoms with Crippen LogP contribution < -0.4 is 0 Å². The molecule has 1 N–H and O–H groups in total. The second kappa shape index (κ2) is 4.74. The Kier molecular flexibility index (Phi) is 3.14. The summed E-state index contributed by atoms with van der Waals surface area (Å²) in [6.07, 6.45) is 1.28. The van der Waals surface area contributed by atoms with Crippen LogP contribution in [0.15, 0.2) is 42.6 Å². The summed E-state index contributed by atoms with van der Waals surface area (Å²) in [5.41, 5.74) is 1.26. The third kappa shape index (κ3) is 2.47. The lowest BCUT2D eigenvalue weighted by Crippen LogP contribution is -2.04. The number of pyridine rings is 1. The quantitative estimate of drug-likeness (QED) is 0.883. The smallest absolute Gasteiger partial charge is 0.309 e. The number of hydrogen-bond donors (Lipinski definition) is 1. The van der Waals surface area contributed by atoms with Crippen LogP contribution in [0.25, 0.3) is 11.1 Å². The lowest BCUT2D eigenvalue weighted by atomic mass is 10.0. The first kappa shape index (κ1) is 11.3. The number of carbonyl (C=O) groups is 1. The van der Waals surface area contributed by atoms with Crippen LogP contribution in [0.4, 0.5) is 4.39 Å². The molecule has 0 aliphatic carbocycles. The van der Waals surface area contributed by atoms with Gasteiger partial charge in [0.1, 0.15) is 5.82 Å². The summed E-state index contributed by atoms with van der Waals surface area (Å²) >= 11 is 0. The summed E-state index contributed by atoms with van der Waals surface area (Å²) in [5.74, 6) is -1.37. The highest BCUT2D eigenvalue weighted by Gasteiger charge is 2.12. The van der Waals surface area contributed by atoms with E-state index in [-0.39, 0.29) is 12.2 Å². The molecule has 0 saturated heterocycles. The predicted octanol–water partition coefficient (Wildman–Crippen LogP) is 2.51. The number of benzene rings is 1. The normalized spacial score (nSPS) is 10.2. The summed E-state index contributed by atoms with van der Waals surface area (Å²) in [4.78, 5) is 14.7. The van der Waals surface area contributed by atoms with E-state index in [1.807, 2.05) is 0 Å². The van der Waals surface area contributed by atoms with Crippen molar-refractivity contribution in [3.63, 3.8) is 0 Å². The van der Waals surface area contributed by atoms with Crippen LogP contribution >= 0.6 is 0 Å². The molecule has 1 aromatic carbocycles. The van der Waals surface area contributed by atoms with E-state index in [1.165, 1.54) is 12.3 Å². The zero-order valence-corrected chi connectivity index (χ0v) is 8.93. The summed E-state index contributed by atoms with van der Waals surface area (Å²) in [5, 5.41) is 8.77. The third-order valence-electron chi connectivity index (χ3n) is 2.37. The van der Waals surface area contributed by atoms with Gasteiger partial charge < -0.3 is 5.11 Å². The standard InChI is InChI=1S/C13H10FNO2/c14-11-6-2-1-4-9(11)10-5-3-7-15-12(10)8-13(16)17/h1-7H,8H2,(H,16,17). The molecular weight excluding hydrogens is 221 g/mol. The number of rotatable bonds is 3. The number of carboxylic acids is 1. The zero-order valence-electron chi connectivity index (χ0n) is 8.93. The Morgan fingerprint density at radius 3 is 2.59 bits per heavy atom. The van der Waals surface area contributed by atoms with E-state index in [9.17, 15) is 9.18 Å². The molecule has 0 fully saturated rings. The van der Waals surface area contributed by atoms with Gasteiger partial charge in [-0.15, -0.1) is 0 Å². The highest BCUT2D eigenvalue weighted by molar-refractivity contribution is 5.75. The van der Waals surface area contributed by atoms with Crippen molar-refractivity contribution in [3.05, 3.63) is 54.1 Å². The van der Waals surface area contributed by atoms with Gasteiger partial charge in [-0.1, -0.05) is 24.3 Å². The van der Waals surface area contributed by atoms with Crippen LogP contribution in [0, 0.1) is 5.82 Å². The first-order chi connectivity index (χ1) is 8.18. The maximum Gasteiger partial charge on any atom is 0.309 e. The molecule has 2 aromatic rings. The largest absolute Gasteiger partial charge is 0.481 e. The molecule has 4 heteroatoms. The molecule has 3 nitrogen and oxygen atoms in total.